The number of carbonyl (C=O) groups excluding carboxylic acids is 1. The molecule has 1 amide bonds. The van der Waals surface area contributed by atoms with Gasteiger partial charge in [0.1, 0.15) is 11.3 Å². The maximum Gasteiger partial charge on any atom is 0.451 e. The average Bonchev–Trinajstić information content (AvgIpc) is 2.88. The molecule has 1 unspecified atom stereocenters. The van der Waals surface area contributed by atoms with Crippen LogP contribution in [0.15, 0.2) is 4.42 Å². The number of anilines is 1. The molecule has 1 aromatic rings. The minimum atomic E-state index is -4.66. The summed E-state index contributed by atoms with van der Waals surface area (Å²) in [5.41, 5.74) is 4.39. The fraction of sp³-hybridized carbons (Fsp3) is 0.750. The topological polar surface area (TPSA) is 84.8 Å². The molecule has 1 aromatic heterocycles. The van der Waals surface area contributed by atoms with Crippen LogP contribution < -0.4 is 10.6 Å². The number of carbonyl (C=O) groups is 1. The first-order chi connectivity index (χ1) is 11.8. The van der Waals surface area contributed by atoms with Crippen LogP contribution in [0.5, 0.6) is 0 Å². The zero-order chi connectivity index (χ0) is 19.9. The smallest absolute Gasteiger partial charge is 0.444 e. The van der Waals surface area contributed by atoms with Crippen molar-refractivity contribution in [2.75, 3.05) is 18.0 Å². The number of amides is 1. The van der Waals surface area contributed by atoms with Gasteiger partial charge in [0.05, 0.1) is 12.1 Å². The summed E-state index contributed by atoms with van der Waals surface area (Å²) in [7, 11) is 0. The molecule has 0 radical (unpaired) electrons. The number of nitrogens with zero attached hydrogens (tertiary/aromatic N) is 3. The number of halogens is 3. The molecule has 10 heteroatoms. The number of hydrogen-bond donors (Lipinski definition) is 1. The number of ether oxygens (including phenoxy) is 1. The fourth-order valence-electron chi connectivity index (χ4n) is 2.99. The number of rotatable bonds is 2. The number of piperazine rings is 1. The van der Waals surface area contributed by atoms with E-state index in [0.717, 1.165) is 0 Å². The lowest BCUT2D eigenvalue weighted by atomic mass is 10.1. The van der Waals surface area contributed by atoms with Gasteiger partial charge in [0.25, 0.3) is 6.01 Å². The molecule has 148 valence electrons. The van der Waals surface area contributed by atoms with Crippen LogP contribution in [0.25, 0.3) is 0 Å². The summed E-state index contributed by atoms with van der Waals surface area (Å²) in [6.45, 7) is 9.08. The van der Waals surface area contributed by atoms with Crippen molar-refractivity contribution >= 4 is 12.1 Å². The number of hydrogen-bond acceptors (Lipinski definition) is 6. The maximum atomic E-state index is 13.0. The van der Waals surface area contributed by atoms with Crippen molar-refractivity contribution in [3.05, 3.63) is 11.5 Å². The van der Waals surface area contributed by atoms with Gasteiger partial charge in [0.15, 0.2) is 0 Å². The molecule has 0 saturated carbocycles. The maximum absolute atomic E-state index is 13.0. The highest BCUT2D eigenvalue weighted by atomic mass is 19.4. The minimum absolute atomic E-state index is 0.139. The molecule has 2 N–H and O–H groups in total. The summed E-state index contributed by atoms with van der Waals surface area (Å²) in [5.74, 6) is -1.18. The van der Waals surface area contributed by atoms with E-state index in [1.807, 2.05) is 0 Å². The monoisotopic (exact) mass is 378 g/mol. The van der Waals surface area contributed by atoms with Crippen molar-refractivity contribution in [1.82, 2.24) is 9.88 Å². The average molecular weight is 378 g/mol. The SMILES string of the molecule is CC1CN(c2nc(CN)c(C(F)(F)F)o2)C[C@H](C)N1C(=O)OC(C)(C)C. The Kier molecular flexibility index (Phi) is 5.46. The third-order valence-corrected chi connectivity index (χ3v) is 3.93. The van der Waals surface area contributed by atoms with Crippen LogP contribution in [0, 0.1) is 0 Å². The van der Waals surface area contributed by atoms with Gasteiger partial charge in [-0.15, -0.1) is 0 Å². The highest BCUT2D eigenvalue weighted by molar-refractivity contribution is 5.69. The molecular weight excluding hydrogens is 353 g/mol. The first-order valence-electron chi connectivity index (χ1n) is 8.36. The van der Waals surface area contributed by atoms with E-state index < -0.39 is 23.6 Å². The number of oxazole rings is 1. The van der Waals surface area contributed by atoms with Crippen molar-refractivity contribution < 1.29 is 27.1 Å². The Morgan fingerprint density at radius 3 is 2.19 bits per heavy atom. The summed E-state index contributed by atoms with van der Waals surface area (Å²) in [6, 6.07) is -0.729. The van der Waals surface area contributed by atoms with Gasteiger partial charge in [0.2, 0.25) is 5.76 Å². The normalized spacial score (nSPS) is 21.9. The lowest BCUT2D eigenvalue weighted by Crippen LogP contribution is -2.59. The van der Waals surface area contributed by atoms with E-state index in [4.69, 9.17) is 14.9 Å². The Bertz CT molecular complexity index is 642. The van der Waals surface area contributed by atoms with E-state index in [0.29, 0.717) is 0 Å². The fourth-order valence-corrected chi connectivity index (χ4v) is 2.99. The van der Waals surface area contributed by atoms with Crippen LogP contribution >= 0.6 is 0 Å². The molecule has 2 rings (SSSR count). The molecule has 1 fully saturated rings. The van der Waals surface area contributed by atoms with Crippen molar-refractivity contribution in [3.8, 4) is 0 Å². The van der Waals surface area contributed by atoms with Crippen LogP contribution in [0.3, 0.4) is 0 Å². The van der Waals surface area contributed by atoms with Crippen LogP contribution in [-0.2, 0) is 17.5 Å². The van der Waals surface area contributed by atoms with Crippen molar-refractivity contribution in [3.63, 3.8) is 0 Å². The Morgan fingerprint density at radius 1 is 1.27 bits per heavy atom. The summed E-state index contributed by atoms with van der Waals surface area (Å²) in [5, 5.41) is 0. The van der Waals surface area contributed by atoms with Gasteiger partial charge in [0, 0.05) is 19.6 Å². The van der Waals surface area contributed by atoms with Gasteiger partial charge >= 0.3 is 12.3 Å². The molecule has 1 aliphatic heterocycles. The predicted molar refractivity (Wildman–Crippen MR) is 88.6 cm³/mol. The van der Waals surface area contributed by atoms with Crippen LogP contribution in [0.1, 0.15) is 46.1 Å². The van der Waals surface area contributed by atoms with E-state index in [-0.39, 0.29) is 43.4 Å². The van der Waals surface area contributed by atoms with Gasteiger partial charge < -0.3 is 19.8 Å². The molecule has 1 aliphatic rings. The Hall–Kier alpha value is -1.97. The zero-order valence-corrected chi connectivity index (χ0v) is 15.6. The standard InChI is InChI=1S/C16H25F3N4O3/c1-9-7-22(8-10(2)23(9)14(24)26-15(3,4)5)13-21-11(6-20)12(25-13)16(17,18)19/h9-10H,6-8,20H2,1-5H3/t9-,10?/m0/s1. The second-order valence-corrected chi connectivity index (χ2v) is 7.46. The number of aromatic nitrogens is 1. The molecule has 2 heterocycles. The molecule has 2 atom stereocenters. The van der Waals surface area contributed by atoms with E-state index in [2.05, 4.69) is 4.98 Å². The lowest BCUT2D eigenvalue weighted by Gasteiger charge is -2.43. The molecule has 0 aliphatic carbocycles. The Balaban J connectivity index is 2.19. The predicted octanol–water partition coefficient (Wildman–Crippen LogP) is 2.99. The van der Waals surface area contributed by atoms with E-state index >= 15 is 0 Å². The van der Waals surface area contributed by atoms with Crippen molar-refractivity contribution in [2.45, 2.75) is 65.0 Å². The number of nitrogens with two attached hydrogens (primary N) is 1. The summed E-state index contributed by atoms with van der Waals surface area (Å²) < 4.78 is 49.4. The van der Waals surface area contributed by atoms with Gasteiger partial charge in [-0.1, -0.05) is 0 Å². The first-order valence-corrected chi connectivity index (χ1v) is 8.36. The van der Waals surface area contributed by atoms with Crippen molar-refractivity contribution in [1.29, 1.82) is 0 Å². The second-order valence-electron chi connectivity index (χ2n) is 7.46. The van der Waals surface area contributed by atoms with Gasteiger partial charge in [-0.3, -0.25) is 4.90 Å². The van der Waals surface area contributed by atoms with E-state index in [1.165, 1.54) is 0 Å². The zero-order valence-electron chi connectivity index (χ0n) is 15.6. The van der Waals surface area contributed by atoms with Gasteiger partial charge in [-0.25, -0.2) is 4.79 Å². The van der Waals surface area contributed by atoms with E-state index in [9.17, 15) is 18.0 Å². The summed E-state index contributed by atoms with van der Waals surface area (Å²) in [6.07, 6.45) is -5.11. The summed E-state index contributed by atoms with van der Waals surface area (Å²) in [4.78, 5) is 19.5. The van der Waals surface area contributed by atoms with Crippen LogP contribution in [-0.4, -0.2) is 46.8 Å². The highest BCUT2D eigenvalue weighted by Gasteiger charge is 2.41. The molecule has 7 nitrogen and oxygen atoms in total. The third kappa shape index (κ3) is 4.40. The highest BCUT2D eigenvalue weighted by Crippen LogP contribution is 2.35. The van der Waals surface area contributed by atoms with Crippen LogP contribution in [0.2, 0.25) is 0 Å². The molecule has 0 spiro atoms. The molecule has 26 heavy (non-hydrogen) atoms. The third-order valence-electron chi connectivity index (χ3n) is 3.93. The largest absolute Gasteiger partial charge is 0.451 e. The van der Waals surface area contributed by atoms with Crippen LogP contribution in [0.4, 0.5) is 24.0 Å². The summed E-state index contributed by atoms with van der Waals surface area (Å²) >= 11 is 0. The lowest BCUT2D eigenvalue weighted by molar-refractivity contribution is -0.153. The number of alkyl halides is 3. The Morgan fingerprint density at radius 2 is 1.81 bits per heavy atom. The molecule has 0 aromatic carbocycles. The van der Waals surface area contributed by atoms with Crippen molar-refractivity contribution in [2.24, 2.45) is 5.73 Å². The van der Waals surface area contributed by atoms with Gasteiger partial charge in [-0.05, 0) is 34.6 Å². The molecular formula is C16H25F3N4O3. The first kappa shape index (κ1) is 20.3. The van der Waals surface area contributed by atoms with Gasteiger partial charge in [-0.2, -0.15) is 18.2 Å². The second kappa shape index (κ2) is 6.98. The minimum Gasteiger partial charge on any atom is -0.444 e. The quantitative estimate of drug-likeness (QED) is 0.852. The molecule has 0 bridgehead atoms. The Labute approximate surface area is 150 Å². The van der Waals surface area contributed by atoms with E-state index in [1.54, 1.807) is 44.4 Å². The molecule has 1 saturated heterocycles.